The van der Waals surface area contributed by atoms with Crippen molar-refractivity contribution in [3.63, 3.8) is 0 Å². The first-order valence-corrected chi connectivity index (χ1v) is 5.65. The number of nitrogens with two attached hydrogens (primary N) is 1. The molecule has 2 heterocycles. The van der Waals surface area contributed by atoms with Gasteiger partial charge in [0.05, 0.1) is 6.20 Å². The second kappa shape index (κ2) is 3.74. The summed E-state index contributed by atoms with van der Waals surface area (Å²) in [7, 11) is 2.16. The first-order chi connectivity index (χ1) is 6.66. The summed E-state index contributed by atoms with van der Waals surface area (Å²) in [6.45, 7) is 5.43. The molecule has 4 nitrogen and oxygen atoms in total. The molecule has 1 aromatic heterocycles. The van der Waals surface area contributed by atoms with E-state index in [0.717, 1.165) is 29.8 Å². The number of hydrogen-bond donors (Lipinski definition) is 1. The molecule has 0 bridgehead atoms. The third kappa shape index (κ3) is 1.83. The topological polar surface area (TPSA) is 45.4 Å². The largest absolute Gasteiger partial charge is 0.389 e. The molecule has 2 rings (SSSR count). The van der Waals surface area contributed by atoms with E-state index >= 15 is 0 Å². The highest BCUT2D eigenvalue weighted by Gasteiger charge is 2.22. The zero-order valence-electron chi connectivity index (χ0n) is 8.60. The van der Waals surface area contributed by atoms with Crippen LogP contribution in [0.5, 0.6) is 0 Å². The lowest BCUT2D eigenvalue weighted by Crippen LogP contribution is -2.50. The van der Waals surface area contributed by atoms with Gasteiger partial charge in [-0.15, -0.1) is 0 Å². The molecular formula is C9H16N4S. The van der Waals surface area contributed by atoms with Gasteiger partial charge in [-0.3, -0.25) is 0 Å². The van der Waals surface area contributed by atoms with Crippen molar-refractivity contribution in [3.8, 4) is 0 Å². The quantitative estimate of drug-likeness (QED) is 0.750. The summed E-state index contributed by atoms with van der Waals surface area (Å²) in [4.78, 5) is 8.98. The van der Waals surface area contributed by atoms with Crippen molar-refractivity contribution in [3.05, 3.63) is 6.20 Å². The number of likely N-dealkylation sites (N-methyl/N-ethyl adjacent to an activating group) is 1. The normalized spacial score (nSPS) is 24.1. The van der Waals surface area contributed by atoms with Crippen LogP contribution >= 0.6 is 11.3 Å². The Balaban J connectivity index is 2.06. The molecule has 1 unspecified atom stereocenters. The highest BCUT2D eigenvalue weighted by molar-refractivity contribution is 7.19. The Hall–Kier alpha value is -0.810. The number of anilines is 2. The highest BCUT2D eigenvalue weighted by Crippen LogP contribution is 2.25. The molecule has 0 aromatic carbocycles. The lowest BCUT2D eigenvalue weighted by molar-refractivity contribution is 0.234. The summed E-state index contributed by atoms with van der Waals surface area (Å²) in [6.07, 6.45) is 1.74. The van der Waals surface area contributed by atoms with Gasteiger partial charge in [-0.2, -0.15) is 0 Å². The van der Waals surface area contributed by atoms with Gasteiger partial charge in [0.15, 0.2) is 5.13 Å². The molecule has 1 atom stereocenters. The minimum atomic E-state index is 0.592. The average Bonchev–Trinajstić information content (AvgIpc) is 2.57. The van der Waals surface area contributed by atoms with E-state index in [2.05, 4.69) is 28.8 Å². The van der Waals surface area contributed by atoms with E-state index in [1.54, 1.807) is 17.5 Å². The van der Waals surface area contributed by atoms with Crippen molar-refractivity contribution in [1.82, 2.24) is 9.88 Å². The van der Waals surface area contributed by atoms with Gasteiger partial charge >= 0.3 is 0 Å². The van der Waals surface area contributed by atoms with Gasteiger partial charge in [0.2, 0.25) is 0 Å². The van der Waals surface area contributed by atoms with E-state index < -0.39 is 0 Å². The van der Waals surface area contributed by atoms with Gasteiger partial charge in [-0.25, -0.2) is 4.98 Å². The van der Waals surface area contributed by atoms with E-state index in [1.165, 1.54) is 0 Å². The smallest absolute Gasteiger partial charge is 0.187 e. The first kappa shape index (κ1) is 9.73. The molecule has 0 saturated carbocycles. The van der Waals surface area contributed by atoms with Crippen LogP contribution in [-0.4, -0.2) is 42.6 Å². The number of nitrogen functional groups attached to an aromatic ring is 1. The second-order valence-corrected chi connectivity index (χ2v) is 4.86. The summed E-state index contributed by atoms with van der Waals surface area (Å²) < 4.78 is 0. The number of thiazole rings is 1. The van der Waals surface area contributed by atoms with Crippen LogP contribution in [0.25, 0.3) is 0 Å². The van der Waals surface area contributed by atoms with Crippen molar-refractivity contribution in [2.45, 2.75) is 13.0 Å². The predicted molar refractivity (Wildman–Crippen MR) is 60.8 cm³/mol. The van der Waals surface area contributed by atoms with Gasteiger partial charge in [0.25, 0.3) is 0 Å². The summed E-state index contributed by atoms with van der Waals surface area (Å²) in [5, 5.41) is 1.86. The highest BCUT2D eigenvalue weighted by atomic mass is 32.1. The maximum atomic E-state index is 5.67. The summed E-state index contributed by atoms with van der Waals surface area (Å²) in [6, 6.07) is 0.592. The molecule has 1 aliphatic rings. The molecule has 0 aliphatic carbocycles. The van der Waals surface area contributed by atoms with Gasteiger partial charge in [0, 0.05) is 25.7 Å². The van der Waals surface area contributed by atoms with Crippen molar-refractivity contribution in [2.24, 2.45) is 0 Å². The SMILES string of the molecule is CC1CN(c2ncc(N)s2)CCN1C. The van der Waals surface area contributed by atoms with E-state index in [9.17, 15) is 0 Å². The zero-order valence-corrected chi connectivity index (χ0v) is 9.42. The van der Waals surface area contributed by atoms with Crippen molar-refractivity contribution >= 4 is 21.5 Å². The Kier molecular flexibility index (Phi) is 2.60. The van der Waals surface area contributed by atoms with Gasteiger partial charge in [0.1, 0.15) is 5.00 Å². The van der Waals surface area contributed by atoms with Crippen LogP contribution in [0.4, 0.5) is 10.1 Å². The van der Waals surface area contributed by atoms with Crippen molar-refractivity contribution < 1.29 is 0 Å². The number of aromatic nitrogens is 1. The maximum Gasteiger partial charge on any atom is 0.187 e. The Morgan fingerprint density at radius 3 is 2.93 bits per heavy atom. The Bertz CT molecular complexity index is 312. The number of nitrogens with zero attached hydrogens (tertiary/aromatic N) is 3. The van der Waals surface area contributed by atoms with Crippen LogP contribution < -0.4 is 10.6 Å². The summed E-state index contributed by atoms with van der Waals surface area (Å²) in [5.74, 6) is 0. The van der Waals surface area contributed by atoms with Crippen LogP contribution in [-0.2, 0) is 0 Å². The monoisotopic (exact) mass is 212 g/mol. The molecule has 0 spiro atoms. The van der Waals surface area contributed by atoms with E-state index in [1.807, 2.05) is 0 Å². The molecule has 2 N–H and O–H groups in total. The third-order valence-electron chi connectivity index (χ3n) is 2.74. The van der Waals surface area contributed by atoms with Gasteiger partial charge < -0.3 is 15.5 Å². The Labute approximate surface area is 88.3 Å². The standard InChI is InChI=1S/C9H16N4S/c1-7-6-13(4-3-12(7)2)9-11-5-8(10)14-9/h5,7H,3-4,6,10H2,1-2H3. The molecule has 5 heteroatoms. The molecule has 1 fully saturated rings. The molecule has 0 amide bonds. The van der Waals surface area contributed by atoms with Crippen LogP contribution in [0.2, 0.25) is 0 Å². The van der Waals surface area contributed by atoms with Crippen LogP contribution in [0, 0.1) is 0 Å². The lowest BCUT2D eigenvalue weighted by Gasteiger charge is -2.37. The molecule has 14 heavy (non-hydrogen) atoms. The fraction of sp³-hybridized carbons (Fsp3) is 0.667. The van der Waals surface area contributed by atoms with Crippen molar-refractivity contribution in [1.29, 1.82) is 0 Å². The fourth-order valence-corrected chi connectivity index (χ4v) is 2.36. The minimum Gasteiger partial charge on any atom is -0.389 e. The fourth-order valence-electron chi connectivity index (χ4n) is 1.65. The lowest BCUT2D eigenvalue weighted by atomic mass is 10.2. The number of rotatable bonds is 1. The average molecular weight is 212 g/mol. The van der Waals surface area contributed by atoms with Gasteiger partial charge in [-0.05, 0) is 14.0 Å². The second-order valence-electron chi connectivity index (χ2n) is 3.82. The zero-order chi connectivity index (χ0) is 10.1. The number of piperazine rings is 1. The van der Waals surface area contributed by atoms with Gasteiger partial charge in [-0.1, -0.05) is 11.3 Å². The molecule has 1 aliphatic heterocycles. The van der Waals surface area contributed by atoms with E-state index in [-0.39, 0.29) is 0 Å². The molecule has 1 saturated heterocycles. The van der Waals surface area contributed by atoms with Crippen LogP contribution in [0.15, 0.2) is 6.20 Å². The first-order valence-electron chi connectivity index (χ1n) is 4.83. The number of hydrogen-bond acceptors (Lipinski definition) is 5. The van der Waals surface area contributed by atoms with E-state index in [4.69, 9.17) is 5.73 Å². The molecule has 78 valence electrons. The Morgan fingerprint density at radius 1 is 1.57 bits per heavy atom. The molecule has 0 radical (unpaired) electrons. The minimum absolute atomic E-state index is 0.592. The summed E-state index contributed by atoms with van der Waals surface area (Å²) >= 11 is 1.57. The van der Waals surface area contributed by atoms with E-state index in [0.29, 0.717) is 6.04 Å². The maximum absolute atomic E-state index is 5.67. The Morgan fingerprint density at radius 2 is 2.36 bits per heavy atom. The molecule has 1 aromatic rings. The third-order valence-corrected chi connectivity index (χ3v) is 3.63. The van der Waals surface area contributed by atoms with Crippen LogP contribution in [0.1, 0.15) is 6.92 Å². The molecular weight excluding hydrogens is 196 g/mol. The predicted octanol–water partition coefficient (Wildman–Crippen LogP) is 0.866. The summed E-state index contributed by atoms with van der Waals surface area (Å²) in [5.41, 5.74) is 5.67. The van der Waals surface area contributed by atoms with Crippen LogP contribution in [0.3, 0.4) is 0 Å². The van der Waals surface area contributed by atoms with Crippen molar-refractivity contribution in [2.75, 3.05) is 37.3 Å².